The standard InChI is InChI=1S/C19H26N4O2/c24-19(16-4-2-1-3-5-16)6-9-22(15-18-20-7-8-21-18)14-17(19)23-10-12-25-13-11-23/h1-5,7-8,17,24H,6,9-15H2,(H,20,21)/t17-,19+/m1/s1. The van der Waals surface area contributed by atoms with Crippen molar-refractivity contribution >= 4 is 0 Å². The van der Waals surface area contributed by atoms with Gasteiger partial charge in [0, 0.05) is 38.6 Å². The molecule has 6 heteroatoms. The predicted octanol–water partition coefficient (Wildman–Crippen LogP) is 1.20. The molecular formula is C19H26N4O2. The number of ether oxygens (including phenoxy) is 1. The van der Waals surface area contributed by atoms with Crippen LogP contribution >= 0.6 is 0 Å². The number of hydrogen-bond donors (Lipinski definition) is 2. The van der Waals surface area contributed by atoms with Crippen molar-refractivity contribution in [3.63, 3.8) is 0 Å². The SMILES string of the molecule is O[C@]1(c2ccccc2)CCN(Cc2ncc[nH]2)C[C@H]1N1CCOCC1. The molecule has 1 aromatic carbocycles. The minimum absolute atomic E-state index is 0.0579. The molecular weight excluding hydrogens is 316 g/mol. The number of hydrogen-bond acceptors (Lipinski definition) is 5. The van der Waals surface area contributed by atoms with Crippen molar-refractivity contribution in [2.45, 2.75) is 24.6 Å². The largest absolute Gasteiger partial charge is 0.383 e. The van der Waals surface area contributed by atoms with Gasteiger partial charge < -0.3 is 14.8 Å². The van der Waals surface area contributed by atoms with Crippen LogP contribution in [-0.2, 0) is 16.9 Å². The van der Waals surface area contributed by atoms with Gasteiger partial charge in [-0.15, -0.1) is 0 Å². The number of aromatic amines is 1. The van der Waals surface area contributed by atoms with Crippen LogP contribution in [0.25, 0.3) is 0 Å². The molecule has 0 spiro atoms. The van der Waals surface area contributed by atoms with Gasteiger partial charge >= 0.3 is 0 Å². The summed E-state index contributed by atoms with van der Waals surface area (Å²) in [6.45, 7) is 5.68. The molecule has 2 N–H and O–H groups in total. The summed E-state index contributed by atoms with van der Waals surface area (Å²) in [5.41, 5.74) is 0.197. The van der Waals surface area contributed by atoms with Crippen LogP contribution in [0.15, 0.2) is 42.7 Å². The average molecular weight is 342 g/mol. The van der Waals surface area contributed by atoms with Gasteiger partial charge in [-0.25, -0.2) is 4.98 Å². The van der Waals surface area contributed by atoms with E-state index in [4.69, 9.17) is 4.74 Å². The molecule has 0 radical (unpaired) electrons. The van der Waals surface area contributed by atoms with Crippen molar-refractivity contribution in [1.82, 2.24) is 19.8 Å². The smallest absolute Gasteiger partial charge is 0.120 e. The fourth-order valence-electron chi connectivity index (χ4n) is 4.09. The number of morpholine rings is 1. The predicted molar refractivity (Wildman–Crippen MR) is 95.0 cm³/mol. The lowest BCUT2D eigenvalue weighted by Crippen LogP contribution is -2.62. The number of likely N-dealkylation sites (tertiary alicyclic amines) is 1. The Hall–Kier alpha value is -1.73. The number of aliphatic hydroxyl groups is 1. The molecule has 134 valence electrons. The highest BCUT2D eigenvalue weighted by Gasteiger charge is 2.46. The molecule has 1 aromatic heterocycles. The number of piperidine rings is 1. The topological polar surface area (TPSA) is 64.6 Å². The summed E-state index contributed by atoms with van der Waals surface area (Å²) in [5, 5.41) is 11.7. The van der Waals surface area contributed by atoms with E-state index in [-0.39, 0.29) is 6.04 Å². The minimum Gasteiger partial charge on any atom is -0.383 e. The van der Waals surface area contributed by atoms with Gasteiger partial charge in [0.05, 0.1) is 25.8 Å². The van der Waals surface area contributed by atoms with Crippen LogP contribution in [0.2, 0.25) is 0 Å². The Labute approximate surface area is 148 Å². The fourth-order valence-corrected chi connectivity index (χ4v) is 4.09. The maximum Gasteiger partial charge on any atom is 0.120 e. The second-order valence-corrected chi connectivity index (χ2v) is 6.98. The van der Waals surface area contributed by atoms with Crippen LogP contribution in [0.3, 0.4) is 0 Å². The molecule has 2 aliphatic rings. The molecule has 0 bridgehead atoms. The first-order valence-electron chi connectivity index (χ1n) is 9.06. The van der Waals surface area contributed by atoms with Gasteiger partial charge in [-0.1, -0.05) is 30.3 Å². The normalized spacial score (nSPS) is 28.9. The third-order valence-electron chi connectivity index (χ3n) is 5.48. The number of H-pyrrole nitrogens is 1. The highest BCUT2D eigenvalue weighted by atomic mass is 16.5. The van der Waals surface area contributed by atoms with E-state index >= 15 is 0 Å². The van der Waals surface area contributed by atoms with E-state index in [0.717, 1.165) is 63.7 Å². The third kappa shape index (κ3) is 3.48. The van der Waals surface area contributed by atoms with Gasteiger partial charge in [0.1, 0.15) is 11.4 Å². The second-order valence-electron chi connectivity index (χ2n) is 6.98. The van der Waals surface area contributed by atoms with Crippen LogP contribution in [0.5, 0.6) is 0 Å². The molecule has 2 saturated heterocycles. The summed E-state index contributed by atoms with van der Waals surface area (Å²) >= 11 is 0. The molecule has 2 aromatic rings. The highest BCUT2D eigenvalue weighted by Crippen LogP contribution is 2.36. The van der Waals surface area contributed by atoms with Crippen molar-refractivity contribution in [3.05, 3.63) is 54.1 Å². The van der Waals surface area contributed by atoms with Gasteiger partial charge in [-0.05, 0) is 12.0 Å². The number of benzene rings is 1. The molecule has 2 fully saturated rings. The molecule has 0 aliphatic carbocycles. The Morgan fingerprint density at radius 2 is 2.00 bits per heavy atom. The number of imidazole rings is 1. The summed E-state index contributed by atoms with van der Waals surface area (Å²) in [7, 11) is 0. The van der Waals surface area contributed by atoms with Gasteiger partial charge in [0.15, 0.2) is 0 Å². The lowest BCUT2D eigenvalue weighted by Gasteiger charge is -2.50. The number of rotatable bonds is 4. The van der Waals surface area contributed by atoms with E-state index < -0.39 is 5.60 Å². The Morgan fingerprint density at radius 1 is 1.20 bits per heavy atom. The van der Waals surface area contributed by atoms with Crippen LogP contribution in [0, 0.1) is 0 Å². The van der Waals surface area contributed by atoms with Crippen LogP contribution in [-0.4, -0.2) is 70.3 Å². The first kappa shape index (κ1) is 16.7. The average Bonchev–Trinajstić information content (AvgIpc) is 3.18. The summed E-state index contributed by atoms with van der Waals surface area (Å²) < 4.78 is 5.52. The third-order valence-corrected chi connectivity index (χ3v) is 5.48. The van der Waals surface area contributed by atoms with E-state index in [0.29, 0.717) is 0 Å². The summed E-state index contributed by atoms with van der Waals surface area (Å²) in [5.74, 6) is 0.978. The first-order valence-corrected chi connectivity index (χ1v) is 9.06. The van der Waals surface area contributed by atoms with E-state index in [2.05, 4.69) is 31.9 Å². The molecule has 0 saturated carbocycles. The number of nitrogens with zero attached hydrogens (tertiary/aromatic N) is 3. The zero-order chi connectivity index (χ0) is 17.1. The lowest BCUT2D eigenvalue weighted by molar-refractivity contribution is -0.120. The molecule has 3 heterocycles. The Morgan fingerprint density at radius 3 is 2.72 bits per heavy atom. The van der Waals surface area contributed by atoms with Crippen LogP contribution in [0.1, 0.15) is 17.8 Å². The zero-order valence-corrected chi connectivity index (χ0v) is 14.5. The Balaban J connectivity index is 1.58. The Kier molecular flexibility index (Phi) is 4.85. The monoisotopic (exact) mass is 342 g/mol. The Bertz CT molecular complexity index is 657. The van der Waals surface area contributed by atoms with Crippen LogP contribution in [0.4, 0.5) is 0 Å². The summed E-state index contributed by atoms with van der Waals surface area (Å²) in [6.07, 6.45) is 4.37. The summed E-state index contributed by atoms with van der Waals surface area (Å²) in [6, 6.07) is 10.2. The van der Waals surface area contributed by atoms with Crippen molar-refractivity contribution < 1.29 is 9.84 Å². The van der Waals surface area contributed by atoms with Crippen LogP contribution < -0.4 is 0 Å². The summed E-state index contributed by atoms with van der Waals surface area (Å²) in [4.78, 5) is 12.3. The molecule has 2 atom stereocenters. The van der Waals surface area contributed by atoms with Crippen molar-refractivity contribution in [1.29, 1.82) is 0 Å². The van der Waals surface area contributed by atoms with Crippen molar-refractivity contribution in [2.75, 3.05) is 39.4 Å². The molecule has 0 unspecified atom stereocenters. The van der Waals surface area contributed by atoms with Crippen molar-refractivity contribution in [2.24, 2.45) is 0 Å². The quantitative estimate of drug-likeness (QED) is 0.874. The highest BCUT2D eigenvalue weighted by molar-refractivity contribution is 5.26. The number of aromatic nitrogens is 2. The van der Waals surface area contributed by atoms with Crippen molar-refractivity contribution in [3.8, 4) is 0 Å². The number of nitrogens with one attached hydrogen (secondary N) is 1. The molecule has 0 amide bonds. The molecule has 6 nitrogen and oxygen atoms in total. The van der Waals surface area contributed by atoms with E-state index in [1.807, 2.05) is 24.4 Å². The fraction of sp³-hybridized carbons (Fsp3) is 0.526. The van der Waals surface area contributed by atoms with E-state index in [9.17, 15) is 5.11 Å². The maximum atomic E-state index is 11.7. The first-order chi connectivity index (χ1) is 12.3. The molecule has 4 rings (SSSR count). The van der Waals surface area contributed by atoms with E-state index in [1.165, 1.54) is 0 Å². The maximum absolute atomic E-state index is 11.7. The van der Waals surface area contributed by atoms with Gasteiger partial charge in [0.2, 0.25) is 0 Å². The van der Waals surface area contributed by atoms with Gasteiger partial charge in [-0.2, -0.15) is 0 Å². The lowest BCUT2D eigenvalue weighted by atomic mass is 9.79. The van der Waals surface area contributed by atoms with Gasteiger partial charge in [0.25, 0.3) is 0 Å². The molecule has 2 aliphatic heterocycles. The van der Waals surface area contributed by atoms with Gasteiger partial charge in [-0.3, -0.25) is 9.80 Å². The second kappa shape index (κ2) is 7.25. The molecule has 25 heavy (non-hydrogen) atoms. The van der Waals surface area contributed by atoms with E-state index in [1.54, 1.807) is 6.20 Å². The minimum atomic E-state index is -0.821. The zero-order valence-electron chi connectivity index (χ0n) is 14.5.